The van der Waals surface area contributed by atoms with Crippen molar-refractivity contribution in [3.05, 3.63) is 18.7 Å². The van der Waals surface area contributed by atoms with E-state index in [1.807, 2.05) is 12.5 Å². The van der Waals surface area contributed by atoms with Gasteiger partial charge >= 0.3 is 0 Å². The molecule has 3 atom stereocenters. The van der Waals surface area contributed by atoms with Gasteiger partial charge in [0, 0.05) is 24.2 Å². The maximum atomic E-state index is 4.21. The molecule has 24 heavy (non-hydrogen) atoms. The molecule has 1 aliphatic rings. The van der Waals surface area contributed by atoms with Crippen molar-refractivity contribution in [3.63, 3.8) is 0 Å². The lowest BCUT2D eigenvalue weighted by Gasteiger charge is -2.44. The maximum Gasteiger partial charge on any atom is 0.0945 e. The summed E-state index contributed by atoms with van der Waals surface area (Å²) >= 11 is 2.28. The van der Waals surface area contributed by atoms with Gasteiger partial charge in [-0.3, -0.25) is 0 Å². The average Bonchev–Trinajstić information content (AvgIpc) is 3.07. The monoisotopic (exact) mass is 350 g/mol. The van der Waals surface area contributed by atoms with Crippen molar-refractivity contribution >= 4 is 11.8 Å². The van der Waals surface area contributed by atoms with E-state index in [4.69, 9.17) is 0 Å². The molecule has 0 aliphatic heterocycles. The minimum absolute atomic E-state index is 0.447. The van der Waals surface area contributed by atoms with Crippen molar-refractivity contribution in [1.82, 2.24) is 9.55 Å². The number of nitrogens with zero attached hydrogens (tertiary/aromatic N) is 2. The van der Waals surface area contributed by atoms with E-state index in [9.17, 15) is 0 Å². The lowest BCUT2D eigenvalue weighted by molar-refractivity contribution is 0.103. The van der Waals surface area contributed by atoms with Crippen LogP contribution in [0.25, 0.3) is 0 Å². The number of rotatable bonds is 9. The van der Waals surface area contributed by atoms with Crippen LogP contribution in [0.1, 0.15) is 79.1 Å². The molecule has 0 saturated heterocycles. The van der Waals surface area contributed by atoms with Gasteiger partial charge < -0.3 is 4.57 Å². The largest absolute Gasteiger partial charge is 0.337 e. The number of hydrogen-bond acceptors (Lipinski definition) is 2. The fourth-order valence-corrected chi connectivity index (χ4v) is 5.90. The van der Waals surface area contributed by atoms with Crippen LogP contribution in [0.15, 0.2) is 18.7 Å². The van der Waals surface area contributed by atoms with Gasteiger partial charge in [-0.15, -0.1) is 0 Å². The standard InChI is InChI=1S/C21H38N2S/c1-5-6-9-16-24-20(12-14-23-15-13-22-17-23)18-10-7-8-11-19(18)21(2,3)4/h13,15,17-20H,5-12,14,16H2,1-4H3. The van der Waals surface area contributed by atoms with E-state index in [2.05, 4.69) is 55.2 Å². The minimum atomic E-state index is 0.447. The van der Waals surface area contributed by atoms with E-state index >= 15 is 0 Å². The summed E-state index contributed by atoms with van der Waals surface area (Å²) in [5.74, 6) is 3.13. The van der Waals surface area contributed by atoms with Gasteiger partial charge in [0.05, 0.1) is 6.33 Å². The molecule has 2 nitrogen and oxygen atoms in total. The summed E-state index contributed by atoms with van der Waals surface area (Å²) < 4.78 is 2.26. The molecule has 1 saturated carbocycles. The molecule has 0 amide bonds. The van der Waals surface area contributed by atoms with E-state index in [1.54, 1.807) is 0 Å². The molecule has 3 heteroatoms. The van der Waals surface area contributed by atoms with Gasteiger partial charge in [-0.05, 0) is 48.7 Å². The second kappa shape index (κ2) is 9.89. The quantitative estimate of drug-likeness (QED) is 0.478. The third-order valence-electron chi connectivity index (χ3n) is 5.72. The molecule has 1 aromatic heterocycles. The van der Waals surface area contributed by atoms with Crippen LogP contribution in [0.4, 0.5) is 0 Å². The van der Waals surface area contributed by atoms with E-state index in [0.717, 1.165) is 23.6 Å². The zero-order valence-electron chi connectivity index (χ0n) is 16.3. The molecule has 1 aliphatic carbocycles. The molecule has 1 fully saturated rings. The van der Waals surface area contributed by atoms with Crippen LogP contribution < -0.4 is 0 Å². The summed E-state index contributed by atoms with van der Waals surface area (Å²) in [5.41, 5.74) is 0.447. The van der Waals surface area contributed by atoms with Crippen LogP contribution >= 0.6 is 11.8 Å². The van der Waals surface area contributed by atoms with E-state index in [0.29, 0.717) is 5.41 Å². The molecule has 1 aromatic rings. The fraction of sp³-hybridized carbons (Fsp3) is 0.857. The Morgan fingerprint density at radius 2 is 2.00 bits per heavy atom. The van der Waals surface area contributed by atoms with Crippen LogP contribution in [-0.4, -0.2) is 20.6 Å². The number of unbranched alkanes of at least 4 members (excludes halogenated alkanes) is 2. The summed E-state index contributed by atoms with van der Waals surface area (Å²) in [6.45, 7) is 10.8. The van der Waals surface area contributed by atoms with Crippen LogP contribution in [-0.2, 0) is 6.54 Å². The zero-order valence-corrected chi connectivity index (χ0v) is 17.2. The minimum Gasteiger partial charge on any atom is -0.337 e. The second-order valence-corrected chi connectivity index (χ2v) is 9.97. The van der Waals surface area contributed by atoms with Crippen LogP contribution in [0.5, 0.6) is 0 Å². The first-order valence-corrected chi connectivity index (χ1v) is 11.1. The van der Waals surface area contributed by atoms with Crippen molar-refractivity contribution in [2.45, 2.75) is 90.9 Å². The topological polar surface area (TPSA) is 17.8 Å². The summed E-state index contributed by atoms with van der Waals surface area (Å²) in [4.78, 5) is 4.21. The Kier molecular flexibility index (Phi) is 8.19. The molecule has 0 aromatic carbocycles. The van der Waals surface area contributed by atoms with E-state index in [1.165, 1.54) is 57.1 Å². The van der Waals surface area contributed by atoms with Gasteiger partial charge in [-0.25, -0.2) is 4.98 Å². The average molecular weight is 351 g/mol. The Morgan fingerprint density at radius 3 is 2.67 bits per heavy atom. The highest BCUT2D eigenvalue weighted by Gasteiger charge is 2.38. The Labute approximate surface area is 154 Å². The van der Waals surface area contributed by atoms with Gasteiger partial charge in [0.1, 0.15) is 0 Å². The van der Waals surface area contributed by atoms with Crippen molar-refractivity contribution < 1.29 is 0 Å². The van der Waals surface area contributed by atoms with Gasteiger partial charge in [0.2, 0.25) is 0 Å². The summed E-state index contributed by atoms with van der Waals surface area (Å²) in [5, 5.41) is 0.814. The number of aryl methyl sites for hydroxylation is 1. The van der Waals surface area contributed by atoms with Crippen molar-refractivity contribution in [1.29, 1.82) is 0 Å². The molecule has 0 N–H and O–H groups in total. The molecule has 0 bridgehead atoms. The molecule has 0 spiro atoms. The Morgan fingerprint density at radius 1 is 1.21 bits per heavy atom. The third-order valence-corrected chi connectivity index (χ3v) is 7.26. The van der Waals surface area contributed by atoms with E-state index in [-0.39, 0.29) is 0 Å². The van der Waals surface area contributed by atoms with Crippen LogP contribution in [0, 0.1) is 17.3 Å². The second-order valence-electron chi connectivity index (χ2n) is 8.63. The van der Waals surface area contributed by atoms with Gasteiger partial charge in [0.25, 0.3) is 0 Å². The number of imidazole rings is 1. The first-order chi connectivity index (χ1) is 11.5. The predicted octanol–water partition coefficient (Wildman–Crippen LogP) is 6.42. The Hall–Kier alpha value is -0.440. The first kappa shape index (κ1) is 19.9. The molecule has 1 heterocycles. The number of aromatic nitrogens is 2. The lowest BCUT2D eigenvalue weighted by Crippen LogP contribution is -2.37. The first-order valence-electron chi connectivity index (χ1n) is 10.1. The van der Waals surface area contributed by atoms with Gasteiger partial charge in [-0.1, -0.05) is 53.4 Å². The summed E-state index contributed by atoms with van der Waals surface area (Å²) in [6, 6.07) is 0. The fourth-order valence-electron chi connectivity index (χ4n) is 4.38. The lowest BCUT2D eigenvalue weighted by atomic mass is 9.65. The number of hydrogen-bond donors (Lipinski definition) is 0. The van der Waals surface area contributed by atoms with Crippen LogP contribution in [0.2, 0.25) is 0 Å². The van der Waals surface area contributed by atoms with E-state index < -0.39 is 0 Å². The normalized spacial score (nSPS) is 23.3. The highest BCUT2D eigenvalue weighted by molar-refractivity contribution is 7.99. The summed E-state index contributed by atoms with van der Waals surface area (Å²) in [7, 11) is 0. The SMILES string of the molecule is CCCCCSC(CCn1ccnc1)C1CCCCC1C(C)(C)C. The molecule has 3 unspecified atom stereocenters. The predicted molar refractivity (Wildman–Crippen MR) is 108 cm³/mol. The summed E-state index contributed by atoms with van der Waals surface area (Å²) in [6.07, 6.45) is 17.1. The van der Waals surface area contributed by atoms with Gasteiger partial charge in [0.15, 0.2) is 0 Å². The highest BCUT2D eigenvalue weighted by atomic mass is 32.2. The Bertz CT molecular complexity index is 435. The van der Waals surface area contributed by atoms with Crippen molar-refractivity contribution in [2.24, 2.45) is 17.3 Å². The molecular weight excluding hydrogens is 312 g/mol. The Balaban J connectivity index is 2.00. The molecule has 2 rings (SSSR count). The highest BCUT2D eigenvalue weighted by Crippen LogP contribution is 2.46. The van der Waals surface area contributed by atoms with Crippen molar-refractivity contribution in [2.75, 3.05) is 5.75 Å². The maximum absolute atomic E-state index is 4.21. The van der Waals surface area contributed by atoms with Crippen molar-refractivity contribution in [3.8, 4) is 0 Å². The van der Waals surface area contributed by atoms with Gasteiger partial charge in [-0.2, -0.15) is 11.8 Å². The molecular formula is C21H38N2S. The zero-order chi connectivity index (χ0) is 17.4. The third kappa shape index (κ3) is 6.13. The smallest absolute Gasteiger partial charge is 0.0945 e. The molecule has 0 radical (unpaired) electrons. The number of thioether (sulfide) groups is 1. The van der Waals surface area contributed by atoms with Crippen LogP contribution in [0.3, 0.4) is 0 Å². The molecule has 138 valence electrons.